The number of aryl methyl sites for hydroxylation is 1. The van der Waals surface area contributed by atoms with Crippen molar-refractivity contribution in [2.45, 2.75) is 51.9 Å². The fourth-order valence-electron chi connectivity index (χ4n) is 2.57. The highest BCUT2D eigenvalue weighted by Crippen LogP contribution is 2.21. The van der Waals surface area contributed by atoms with E-state index in [1.807, 2.05) is 6.07 Å². The highest BCUT2D eigenvalue weighted by atomic mass is 127. The Morgan fingerprint density at radius 2 is 1.89 bits per heavy atom. The molecule has 1 aromatic heterocycles. The van der Waals surface area contributed by atoms with E-state index in [0.717, 1.165) is 37.7 Å². The topological polar surface area (TPSA) is 75.3 Å². The van der Waals surface area contributed by atoms with E-state index in [-0.39, 0.29) is 29.4 Å². The molecule has 0 fully saturated rings. The van der Waals surface area contributed by atoms with E-state index in [2.05, 4.69) is 77.7 Å². The first-order valence-corrected chi connectivity index (χ1v) is 9.25. The Morgan fingerprint density at radius 1 is 1.19 bits per heavy atom. The predicted molar refractivity (Wildman–Crippen MR) is 121 cm³/mol. The van der Waals surface area contributed by atoms with Gasteiger partial charge in [0, 0.05) is 37.9 Å². The fraction of sp³-hybridized carbons (Fsp3) is 0.550. The molecule has 150 valence electrons. The number of rotatable bonds is 8. The van der Waals surface area contributed by atoms with Gasteiger partial charge >= 0.3 is 0 Å². The molecule has 1 aromatic carbocycles. The summed E-state index contributed by atoms with van der Waals surface area (Å²) in [7, 11) is 1.79. The molecule has 0 saturated carbocycles. The van der Waals surface area contributed by atoms with E-state index < -0.39 is 0 Å². The molecule has 0 saturated heterocycles. The summed E-state index contributed by atoms with van der Waals surface area (Å²) >= 11 is 0. The van der Waals surface area contributed by atoms with Crippen molar-refractivity contribution >= 4 is 29.9 Å². The van der Waals surface area contributed by atoms with E-state index in [0.29, 0.717) is 11.8 Å². The number of hydrogen-bond donors (Lipinski definition) is 2. The van der Waals surface area contributed by atoms with Crippen molar-refractivity contribution in [3.8, 4) is 0 Å². The lowest BCUT2D eigenvalue weighted by Crippen LogP contribution is -2.43. The zero-order valence-corrected chi connectivity index (χ0v) is 19.3. The minimum Gasteiger partial charge on any atom is -0.356 e. The SMILES string of the molecule is CN=C(NCCCc1nc(C(C)C)no1)NCC(C)(C)c1ccccc1.I. The summed E-state index contributed by atoms with van der Waals surface area (Å²) in [5.41, 5.74) is 1.33. The maximum atomic E-state index is 5.27. The second kappa shape index (κ2) is 11.3. The van der Waals surface area contributed by atoms with Gasteiger partial charge in [-0.25, -0.2) is 0 Å². The van der Waals surface area contributed by atoms with Crippen LogP contribution in [0.4, 0.5) is 0 Å². The standard InChI is InChI=1S/C20H31N5O.HI/c1-15(2)18-24-17(26-25-18)12-9-13-22-19(21-5)23-14-20(3,4)16-10-7-6-8-11-16;/h6-8,10-11,15H,9,12-14H2,1-5H3,(H2,21,22,23);1H. The van der Waals surface area contributed by atoms with Crippen LogP contribution < -0.4 is 10.6 Å². The van der Waals surface area contributed by atoms with Gasteiger partial charge in [0.25, 0.3) is 0 Å². The molecule has 2 aromatic rings. The number of hydrogen-bond acceptors (Lipinski definition) is 4. The van der Waals surface area contributed by atoms with Crippen molar-refractivity contribution in [2.24, 2.45) is 4.99 Å². The van der Waals surface area contributed by atoms with Crippen LogP contribution in [0, 0.1) is 0 Å². The average Bonchev–Trinajstić information content (AvgIpc) is 3.11. The van der Waals surface area contributed by atoms with Gasteiger partial charge in [-0.2, -0.15) is 4.98 Å². The van der Waals surface area contributed by atoms with Gasteiger partial charge in [0.05, 0.1) is 0 Å². The van der Waals surface area contributed by atoms with Gasteiger partial charge in [-0.3, -0.25) is 4.99 Å². The quantitative estimate of drug-likeness (QED) is 0.257. The lowest BCUT2D eigenvalue weighted by Gasteiger charge is -2.26. The zero-order chi connectivity index (χ0) is 19.0. The first-order chi connectivity index (χ1) is 12.4. The third-order valence-electron chi connectivity index (χ3n) is 4.34. The third-order valence-corrected chi connectivity index (χ3v) is 4.34. The van der Waals surface area contributed by atoms with Crippen LogP contribution in [0.1, 0.15) is 57.3 Å². The van der Waals surface area contributed by atoms with Crippen molar-refractivity contribution < 1.29 is 4.52 Å². The first-order valence-electron chi connectivity index (χ1n) is 9.25. The van der Waals surface area contributed by atoms with Gasteiger partial charge in [0.1, 0.15) is 0 Å². The minimum absolute atomic E-state index is 0. The molecular weight excluding hydrogens is 453 g/mol. The normalized spacial score (nSPS) is 12.0. The van der Waals surface area contributed by atoms with Crippen molar-refractivity contribution in [3.63, 3.8) is 0 Å². The van der Waals surface area contributed by atoms with E-state index in [9.17, 15) is 0 Å². The van der Waals surface area contributed by atoms with Crippen molar-refractivity contribution in [3.05, 3.63) is 47.6 Å². The van der Waals surface area contributed by atoms with E-state index in [1.54, 1.807) is 7.05 Å². The molecule has 0 aliphatic rings. The molecule has 0 bridgehead atoms. The highest BCUT2D eigenvalue weighted by Gasteiger charge is 2.20. The highest BCUT2D eigenvalue weighted by molar-refractivity contribution is 14.0. The van der Waals surface area contributed by atoms with Crippen LogP contribution in [-0.4, -0.2) is 36.2 Å². The van der Waals surface area contributed by atoms with Crippen molar-refractivity contribution in [2.75, 3.05) is 20.1 Å². The summed E-state index contributed by atoms with van der Waals surface area (Å²) < 4.78 is 5.27. The Bertz CT molecular complexity index is 697. The van der Waals surface area contributed by atoms with Gasteiger partial charge in [0.2, 0.25) is 5.89 Å². The molecule has 6 nitrogen and oxygen atoms in total. The lowest BCUT2D eigenvalue weighted by atomic mass is 9.85. The maximum Gasteiger partial charge on any atom is 0.226 e. The second-order valence-corrected chi connectivity index (χ2v) is 7.41. The Hall–Kier alpha value is -1.64. The predicted octanol–water partition coefficient (Wildman–Crippen LogP) is 3.89. The minimum atomic E-state index is 0. The molecule has 2 N–H and O–H groups in total. The number of aromatic nitrogens is 2. The largest absolute Gasteiger partial charge is 0.356 e. The number of nitrogens with one attached hydrogen (secondary N) is 2. The molecule has 0 spiro atoms. The number of halogens is 1. The summed E-state index contributed by atoms with van der Waals surface area (Å²) in [5.74, 6) is 2.57. The van der Waals surface area contributed by atoms with Gasteiger partial charge in [-0.1, -0.05) is 63.2 Å². The molecule has 0 atom stereocenters. The van der Waals surface area contributed by atoms with Gasteiger partial charge in [-0.15, -0.1) is 24.0 Å². The molecule has 0 radical (unpaired) electrons. The molecular formula is C20H32IN5O. The van der Waals surface area contributed by atoms with Gasteiger partial charge in [-0.05, 0) is 12.0 Å². The molecule has 27 heavy (non-hydrogen) atoms. The van der Waals surface area contributed by atoms with Crippen LogP contribution in [0.2, 0.25) is 0 Å². The van der Waals surface area contributed by atoms with Crippen LogP contribution >= 0.6 is 24.0 Å². The molecule has 0 unspecified atom stereocenters. The third kappa shape index (κ3) is 7.48. The summed E-state index contributed by atoms with van der Waals surface area (Å²) in [6, 6.07) is 10.5. The zero-order valence-electron chi connectivity index (χ0n) is 17.0. The Labute approximate surface area is 179 Å². The Kier molecular flexibility index (Phi) is 9.76. The average molecular weight is 485 g/mol. The van der Waals surface area contributed by atoms with Crippen molar-refractivity contribution in [1.29, 1.82) is 0 Å². The van der Waals surface area contributed by atoms with E-state index >= 15 is 0 Å². The van der Waals surface area contributed by atoms with Crippen LogP contribution in [-0.2, 0) is 11.8 Å². The summed E-state index contributed by atoms with van der Waals surface area (Å²) in [5, 5.41) is 10.7. The fourth-order valence-corrected chi connectivity index (χ4v) is 2.57. The molecule has 1 heterocycles. The summed E-state index contributed by atoms with van der Waals surface area (Å²) in [6.07, 6.45) is 1.67. The number of benzene rings is 1. The maximum absolute atomic E-state index is 5.27. The van der Waals surface area contributed by atoms with Crippen LogP contribution in [0.15, 0.2) is 39.8 Å². The lowest BCUT2D eigenvalue weighted by molar-refractivity contribution is 0.368. The first kappa shape index (κ1) is 23.4. The molecule has 7 heteroatoms. The van der Waals surface area contributed by atoms with Gasteiger partial charge < -0.3 is 15.2 Å². The Morgan fingerprint density at radius 3 is 2.48 bits per heavy atom. The number of guanidine groups is 1. The van der Waals surface area contributed by atoms with Crippen LogP contribution in [0.25, 0.3) is 0 Å². The second-order valence-electron chi connectivity index (χ2n) is 7.41. The van der Waals surface area contributed by atoms with Crippen LogP contribution in [0.5, 0.6) is 0 Å². The summed E-state index contributed by atoms with van der Waals surface area (Å²) in [4.78, 5) is 8.70. The van der Waals surface area contributed by atoms with E-state index in [4.69, 9.17) is 4.52 Å². The van der Waals surface area contributed by atoms with E-state index in [1.165, 1.54) is 5.56 Å². The Balaban J connectivity index is 0.00000364. The molecule has 2 rings (SSSR count). The summed E-state index contributed by atoms with van der Waals surface area (Å²) in [6.45, 7) is 10.2. The van der Waals surface area contributed by atoms with Crippen LogP contribution in [0.3, 0.4) is 0 Å². The van der Waals surface area contributed by atoms with Crippen molar-refractivity contribution in [1.82, 2.24) is 20.8 Å². The molecule has 0 aliphatic carbocycles. The van der Waals surface area contributed by atoms with Gasteiger partial charge in [0.15, 0.2) is 11.8 Å². The number of nitrogens with zero attached hydrogens (tertiary/aromatic N) is 3. The number of aliphatic imine (C=N–C) groups is 1. The molecule has 0 amide bonds. The smallest absolute Gasteiger partial charge is 0.226 e. The monoisotopic (exact) mass is 485 g/mol. The molecule has 0 aliphatic heterocycles.